The number of imidazole rings is 1. The van der Waals surface area contributed by atoms with E-state index in [0.717, 1.165) is 54.5 Å². The first-order valence-electron chi connectivity index (χ1n) is 13.4. The summed E-state index contributed by atoms with van der Waals surface area (Å²) in [5.74, 6) is -2.73. The number of nitrogens with zero attached hydrogens (tertiary/aromatic N) is 3. The number of hydrogen-bond donors (Lipinski definition) is 3. The molecule has 1 aliphatic heterocycles. The molecule has 2 fully saturated rings. The molecule has 1 saturated heterocycles. The largest absolute Gasteiger partial charge is 0.332 e. The second-order valence-corrected chi connectivity index (χ2v) is 10.4. The molecule has 2 aliphatic rings. The van der Waals surface area contributed by atoms with E-state index in [1.165, 1.54) is 12.8 Å². The minimum atomic E-state index is -2.86. The summed E-state index contributed by atoms with van der Waals surface area (Å²) in [7, 11) is 1.95. The first kappa shape index (κ1) is 26.5. The molecule has 2 aromatic heterocycles. The van der Waals surface area contributed by atoms with Crippen molar-refractivity contribution in [1.82, 2.24) is 25.1 Å². The molecule has 0 spiro atoms. The second-order valence-electron chi connectivity index (χ2n) is 10.4. The zero-order valence-electron chi connectivity index (χ0n) is 21.8. The maximum Gasteiger partial charge on any atom is 0.319 e. The van der Waals surface area contributed by atoms with Gasteiger partial charge in [-0.1, -0.05) is 12.1 Å². The Labute approximate surface area is 221 Å². The molecule has 2 amide bonds. The van der Waals surface area contributed by atoms with Crippen LogP contribution in [0.2, 0.25) is 0 Å². The number of nitrogens with one attached hydrogen (secondary N) is 3. The Morgan fingerprint density at radius 1 is 1.21 bits per heavy atom. The van der Waals surface area contributed by atoms with Crippen LogP contribution in [0.3, 0.4) is 0 Å². The highest BCUT2D eigenvalue weighted by molar-refractivity contribution is 5.90. The SMILES string of the molecule is CN(Cc1ccn2c(-c3cccc(NC(=O)NCC(F)(F)C4CC4)c3)cnc2c1)OCCC1CCNCC1. The van der Waals surface area contributed by atoms with E-state index in [1.54, 1.807) is 18.3 Å². The Kier molecular flexibility index (Phi) is 8.21. The van der Waals surface area contributed by atoms with Crippen LogP contribution in [0.1, 0.15) is 37.7 Å². The maximum atomic E-state index is 13.9. The van der Waals surface area contributed by atoms with E-state index in [2.05, 4.69) is 20.9 Å². The van der Waals surface area contributed by atoms with Crippen LogP contribution < -0.4 is 16.0 Å². The van der Waals surface area contributed by atoms with Crippen molar-refractivity contribution < 1.29 is 18.4 Å². The average Bonchev–Trinajstić information content (AvgIpc) is 3.69. The average molecular weight is 527 g/mol. The smallest absolute Gasteiger partial charge is 0.319 e. The zero-order valence-corrected chi connectivity index (χ0v) is 21.8. The number of hydrogen-bond acceptors (Lipinski definition) is 5. The predicted molar refractivity (Wildman–Crippen MR) is 143 cm³/mol. The second kappa shape index (κ2) is 11.8. The molecule has 1 aliphatic carbocycles. The molecule has 0 bridgehead atoms. The van der Waals surface area contributed by atoms with Crippen molar-refractivity contribution >= 4 is 17.4 Å². The van der Waals surface area contributed by atoms with Crippen molar-refractivity contribution in [3.8, 4) is 11.3 Å². The van der Waals surface area contributed by atoms with Crippen molar-refractivity contribution in [1.29, 1.82) is 0 Å². The standard InChI is InChI=1S/C28H36F2N6O2/c1-35(38-14-10-20-7-11-31-12-8-20)18-21-9-13-36-25(17-32-26(36)15-21)22-3-2-4-24(16-22)34-27(37)33-19-28(29,30)23-5-6-23/h2-4,9,13,15-17,20,23,31H,5-8,10-12,14,18-19H2,1H3,(H2,33,34,37). The number of benzene rings is 1. The molecule has 38 heavy (non-hydrogen) atoms. The molecule has 0 radical (unpaired) electrons. The molecule has 3 heterocycles. The van der Waals surface area contributed by atoms with Crippen LogP contribution in [-0.4, -0.2) is 59.7 Å². The number of pyridine rings is 1. The Morgan fingerprint density at radius 2 is 2.03 bits per heavy atom. The van der Waals surface area contributed by atoms with E-state index in [1.807, 2.05) is 47.0 Å². The fourth-order valence-corrected chi connectivity index (χ4v) is 4.96. The normalized spacial score (nSPS) is 16.7. The van der Waals surface area contributed by atoms with Gasteiger partial charge in [0.25, 0.3) is 5.92 Å². The van der Waals surface area contributed by atoms with Crippen LogP contribution in [0.5, 0.6) is 0 Å². The van der Waals surface area contributed by atoms with Gasteiger partial charge in [0.1, 0.15) is 5.65 Å². The molecule has 10 heteroatoms. The lowest BCUT2D eigenvalue weighted by molar-refractivity contribution is -0.150. The number of rotatable bonds is 11. The van der Waals surface area contributed by atoms with E-state index in [0.29, 0.717) is 25.1 Å². The topological polar surface area (TPSA) is 82.9 Å². The Hall–Kier alpha value is -3.08. The van der Waals surface area contributed by atoms with Gasteiger partial charge in [-0.2, -0.15) is 5.06 Å². The molecule has 1 aromatic carbocycles. The summed E-state index contributed by atoms with van der Waals surface area (Å²) in [6.07, 6.45) is 8.31. The van der Waals surface area contributed by atoms with Gasteiger partial charge in [0.2, 0.25) is 0 Å². The number of fused-ring (bicyclic) bond motifs is 1. The number of hydroxylamine groups is 2. The first-order valence-corrected chi connectivity index (χ1v) is 13.4. The predicted octanol–water partition coefficient (Wildman–Crippen LogP) is 4.92. The molecule has 0 atom stereocenters. The van der Waals surface area contributed by atoms with Gasteiger partial charge in [-0.05, 0) is 80.9 Å². The van der Waals surface area contributed by atoms with Gasteiger partial charge in [-0.3, -0.25) is 9.24 Å². The first-order chi connectivity index (χ1) is 18.4. The Balaban J connectivity index is 1.16. The lowest BCUT2D eigenvalue weighted by Gasteiger charge is -2.23. The molecule has 3 aromatic rings. The van der Waals surface area contributed by atoms with Crippen molar-refractivity contribution in [2.75, 3.05) is 38.6 Å². The third-order valence-electron chi connectivity index (χ3n) is 7.35. The maximum absolute atomic E-state index is 13.9. The summed E-state index contributed by atoms with van der Waals surface area (Å²) in [6.45, 7) is 2.92. The number of alkyl halides is 2. The monoisotopic (exact) mass is 526 g/mol. The lowest BCUT2D eigenvalue weighted by atomic mass is 9.95. The van der Waals surface area contributed by atoms with Crippen LogP contribution in [0.4, 0.5) is 19.3 Å². The molecule has 5 rings (SSSR count). The molecular formula is C28H36F2N6O2. The van der Waals surface area contributed by atoms with Gasteiger partial charge >= 0.3 is 6.03 Å². The Bertz CT molecular complexity index is 1240. The van der Waals surface area contributed by atoms with Crippen LogP contribution in [0.15, 0.2) is 48.8 Å². The zero-order chi connectivity index (χ0) is 26.5. The fraction of sp³-hybridized carbons (Fsp3) is 0.500. The highest BCUT2D eigenvalue weighted by Gasteiger charge is 2.46. The Morgan fingerprint density at radius 3 is 2.82 bits per heavy atom. The van der Waals surface area contributed by atoms with E-state index in [4.69, 9.17) is 4.84 Å². The third-order valence-corrected chi connectivity index (χ3v) is 7.35. The van der Waals surface area contributed by atoms with Gasteiger partial charge in [0, 0.05) is 37.0 Å². The highest BCUT2D eigenvalue weighted by Crippen LogP contribution is 2.42. The number of aromatic nitrogens is 2. The molecule has 204 valence electrons. The summed E-state index contributed by atoms with van der Waals surface area (Å²) < 4.78 is 29.7. The molecule has 3 N–H and O–H groups in total. The van der Waals surface area contributed by atoms with Gasteiger partial charge < -0.3 is 16.0 Å². The number of piperidine rings is 1. The third kappa shape index (κ3) is 6.86. The minimum absolute atomic E-state index is 0.516. The van der Waals surface area contributed by atoms with Gasteiger partial charge in [0.15, 0.2) is 0 Å². The van der Waals surface area contributed by atoms with Crippen molar-refractivity contribution in [3.63, 3.8) is 0 Å². The number of anilines is 1. The number of carbonyl (C=O) groups excluding carboxylic acids is 1. The summed E-state index contributed by atoms with van der Waals surface area (Å²) in [6, 6.07) is 10.7. The molecule has 8 nitrogen and oxygen atoms in total. The highest BCUT2D eigenvalue weighted by atomic mass is 19.3. The summed E-state index contributed by atoms with van der Waals surface area (Å²) >= 11 is 0. The summed E-state index contributed by atoms with van der Waals surface area (Å²) in [5, 5.41) is 10.2. The fourth-order valence-electron chi connectivity index (χ4n) is 4.96. The summed E-state index contributed by atoms with van der Waals surface area (Å²) in [4.78, 5) is 22.7. The van der Waals surface area contributed by atoms with Gasteiger partial charge in [-0.15, -0.1) is 0 Å². The van der Waals surface area contributed by atoms with Crippen molar-refractivity contribution in [2.45, 2.75) is 44.6 Å². The van der Waals surface area contributed by atoms with Crippen molar-refractivity contribution in [2.24, 2.45) is 11.8 Å². The van der Waals surface area contributed by atoms with Crippen LogP contribution in [0, 0.1) is 11.8 Å². The quantitative estimate of drug-likeness (QED) is 0.309. The van der Waals surface area contributed by atoms with Crippen LogP contribution in [-0.2, 0) is 11.4 Å². The van der Waals surface area contributed by atoms with E-state index < -0.39 is 24.4 Å². The number of amides is 2. The van der Waals surface area contributed by atoms with Crippen LogP contribution >= 0.6 is 0 Å². The lowest BCUT2D eigenvalue weighted by Crippen LogP contribution is -2.40. The van der Waals surface area contributed by atoms with Crippen LogP contribution in [0.25, 0.3) is 16.9 Å². The van der Waals surface area contributed by atoms with E-state index in [9.17, 15) is 13.6 Å². The minimum Gasteiger partial charge on any atom is -0.332 e. The van der Waals surface area contributed by atoms with E-state index >= 15 is 0 Å². The molecule has 0 unspecified atom stereocenters. The van der Waals surface area contributed by atoms with Gasteiger partial charge in [-0.25, -0.2) is 18.6 Å². The van der Waals surface area contributed by atoms with Crippen molar-refractivity contribution in [3.05, 3.63) is 54.4 Å². The van der Waals surface area contributed by atoms with Gasteiger partial charge in [0.05, 0.1) is 25.0 Å². The van der Waals surface area contributed by atoms with E-state index in [-0.39, 0.29) is 0 Å². The number of carbonyl (C=O) groups is 1. The number of halogens is 2. The summed E-state index contributed by atoms with van der Waals surface area (Å²) in [5.41, 5.74) is 4.13. The molecule has 1 saturated carbocycles. The molecular weight excluding hydrogens is 490 g/mol. The number of urea groups is 1.